The van der Waals surface area contributed by atoms with Gasteiger partial charge in [-0.25, -0.2) is 4.98 Å². The van der Waals surface area contributed by atoms with Gasteiger partial charge in [0.05, 0.1) is 10.4 Å². The Balaban J connectivity index is 1.65. The first-order chi connectivity index (χ1) is 12.1. The first-order valence-corrected chi connectivity index (χ1v) is 9.56. The van der Waals surface area contributed by atoms with Crippen molar-refractivity contribution in [2.45, 2.75) is 38.6 Å². The maximum Gasteiger partial charge on any atom is 0.253 e. The highest BCUT2D eigenvalue weighted by molar-refractivity contribution is 7.13. The number of imidazole rings is 1. The second kappa shape index (κ2) is 6.52. The summed E-state index contributed by atoms with van der Waals surface area (Å²) in [6.07, 6.45) is 4.35. The minimum Gasteiger partial charge on any atom is -0.506 e. The van der Waals surface area contributed by atoms with E-state index in [-0.39, 0.29) is 17.7 Å². The van der Waals surface area contributed by atoms with Crippen LogP contribution in [0.5, 0.6) is 5.75 Å². The third kappa shape index (κ3) is 3.14. The molecule has 2 aromatic heterocycles. The first kappa shape index (κ1) is 16.1. The SMILES string of the molecule is CC1CCC(NC(=O)c2ccc(O)c3[nH]c(-c4cccs4)nc23)CC1. The van der Waals surface area contributed by atoms with Crippen LogP contribution in [0, 0.1) is 5.92 Å². The number of benzene rings is 1. The summed E-state index contributed by atoms with van der Waals surface area (Å²) in [7, 11) is 0. The summed E-state index contributed by atoms with van der Waals surface area (Å²) in [5.41, 5.74) is 1.53. The van der Waals surface area contributed by atoms with E-state index >= 15 is 0 Å². The molecule has 6 heteroatoms. The van der Waals surface area contributed by atoms with E-state index in [1.165, 1.54) is 0 Å². The quantitative estimate of drug-likeness (QED) is 0.655. The Morgan fingerprint density at radius 3 is 2.80 bits per heavy atom. The Labute approximate surface area is 150 Å². The zero-order valence-corrected chi connectivity index (χ0v) is 14.9. The topological polar surface area (TPSA) is 78.0 Å². The molecular formula is C19H21N3O2S. The van der Waals surface area contributed by atoms with Gasteiger partial charge in [0.1, 0.15) is 22.6 Å². The van der Waals surface area contributed by atoms with Crippen LogP contribution in [-0.4, -0.2) is 27.0 Å². The summed E-state index contributed by atoms with van der Waals surface area (Å²) < 4.78 is 0. The molecular weight excluding hydrogens is 334 g/mol. The van der Waals surface area contributed by atoms with E-state index in [1.807, 2.05) is 17.5 Å². The van der Waals surface area contributed by atoms with Gasteiger partial charge in [0.15, 0.2) is 0 Å². The van der Waals surface area contributed by atoms with Crippen LogP contribution in [0.1, 0.15) is 43.0 Å². The van der Waals surface area contributed by atoms with Crippen molar-refractivity contribution in [1.82, 2.24) is 15.3 Å². The van der Waals surface area contributed by atoms with E-state index in [1.54, 1.807) is 23.5 Å². The van der Waals surface area contributed by atoms with Gasteiger partial charge in [-0.15, -0.1) is 11.3 Å². The standard InChI is InChI=1S/C19H21N3O2S/c1-11-4-6-12(7-5-11)20-19(24)13-8-9-14(23)17-16(13)21-18(22-17)15-3-2-10-25-15/h2-3,8-12,23H,4-7H2,1H3,(H,20,24)(H,21,22). The molecule has 1 aliphatic carbocycles. The molecule has 0 radical (unpaired) electrons. The van der Waals surface area contributed by atoms with E-state index < -0.39 is 0 Å². The number of carbonyl (C=O) groups is 1. The van der Waals surface area contributed by atoms with Crippen LogP contribution in [0.25, 0.3) is 21.7 Å². The average Bonchev–Trinajstić information content (AvgIpc) is 3.26. The maximum absolute atomic E-state index is 12.8. The highest BCUT2D eigenvalue weighted by Crippen LogP contribution is 2.31. The fourth-order valence-electron chi connectivity index (χ4n) is 3.46. The molecule has 1 aliphatic rings. The Hall–Kier alpha value is -2.34. The number of hydrogen-bond donors (Lipinski definition) is 3. The van der Waals surface area contributed by atoms with Gasteiger partial charge in [-0.3, -0.25) is 4.79 Å². The molecule has 1 aromatic carbocycles. The van der Waals surface area contributed by atoms with Crippen molar-refractivity contribution in [2.75, 3.05) is 0 Å². The summed E-state index contributed by atoms with van der Waals surface area (Å²) in [5, 5.41) is 15.3. The van der Waals surface area contributed by atoms with Gasteiger partial charge < -0.3 is 15.4 Å². The van der Waals surface area contributed by atoms with Crippen LogP contribution in [0.3, 0.4) is 0 Å². The van der Waals surface area contributed by atoms with Crippen molar-refractivity contribution in [1.29, 1.82) is 0 Å². The number of rotatable bonds is 3. The predicted molar refractivity (Wildman–Crippen MR) is 100.0 cm³/mol. The molecule has 5 nitrogen and oxygen atoms in total. The number of carbonyl (C=O) groups excluding carboxylic acids is 1. The number of amides is 1. The van der Waals surface area contributed by atoms with Crippen LogP contribution in [-0.2, 0) is 0 Å². The van der Waals surface area contributed by atoms with Crippen molar-refractivity contribution in [2.24, 2.45) is 5.92 Å². The van der Waals surface area contributed by atoms with E-state index in [0.717, 1.165) is 36.5 Å². The Morgan fingerprint density at radius 2 is 2.08 bits per heavy atom. The highest BCUT2D eigenvalue weighted by atomic mass is 32.1. The van der Waals surface area contributed by atoms with E-state index in [4.69, 9.17) is 0 Å². The van der Waals surface area contributed by atoms with Crippen LogP contribution in [0.4, 0.5) is 0 Å². The monoisotopic (exact) mass is 355 g/mol. The number of phenolic OH excluding ortho intramolecular Hbond substituents is 1. The number of nitrogens with one attached hydrogen (secondary N) is 2. The second-order valence-corrected chi connectivity index (χ2v) is 7.80. The molecule has 4 rings (SSSR count). The molecule has 1 fully saturated rings. The van der Waals surface area contributed by atoms with Gasteiger partial charge in [-0.2, -0.15) is 0 Å². The largest absolute Gasteiger partial charge is 0.506 e. The maximum atomic E-state index is 12.8. The number of aromatic amines is 1. The number of thiophene rings is 1. The molecule has 130 valence electrons. The zero-order chi connectivity index (χ0) is 17.4. The molecule has 0 aliphatic heterocycles. The molecule has 2 heterocycles. The number of nitrogens with zero attached hydrogens (tertiary/aromatic N) is 1. The lowest BCUT2D eigenvalue weighted by Crippen LogP contribution is -2.37. The fraction of sp³-hybridized carbons (Fsp3) is 0.368. The van der Waals surface area contributed by atoms with Gasteiger partial charge in [-0.1, -0.05) is 13.0 Å². The Morgan fingerprint density at radius 1 is 1.28 bits per heavy atom. The van der Waals surface area contributed by atoms with E-state index in [2.05, 4.69) is 22.2 Å². The van der Waals surface area contributed by atoms with Crippen molar-refractivity contribution >= 4 is 28.3 Å². The van der Waals surface area contributed by atoms with E-state index in [9.17, 15) is 9.90 Å². The number of aromatic nitrogens is 2. The van der Waals surface area contributed by atoms with Crippen molar-refractivity contribution in [3.05, 3.63) is 35.2 Å². The summed E-state index contributed by atoms with van der Waals surface area (Å²) >= 11 is 1.56. The molecule has 0 spiro atoms. The first-order valence-electron chi connectivity index (χ1n) is 8.68. The molecule has 25 heavy (non-hydrogen) atoms. The minimum atomic E-state index is -0.117. The zero-order valence-electron chi connectivity index (χ0n) is 14.1. The molecule has 0 unspecified atom stereocenters. The fourth-order valence-corrected chi connectivity index (χ4v) is 4.13. The smallest absolute Gasteiger partial charge is 0.253 e. The molecule has 1 saturated carbocycles. The Kier molecular flexibility index (Phi) is 4.21. The highest BCUT2D eigenvalue weighted by Gasteiger charge is 2.23. The molecule has 0 saturated heterocycles. The van der Waals surface area contributed by atoms with Gasteiger partial charge in [0.2, 0.25) is 0 Å². The van der Waals surface area contributed by atoms with Crippen LogP contribution < -0.4 is 5.32 Å². The van der Waals surface area contributed by atoms with Gasteiger partial charge in [0, 0.05) is 6.04 Å². The number of aromatic hydroxyl groups is 1. The van der Waals surface area contributed by atoms with Gasteiger partial charge in [0.25, 0.3) is 5.91 Å². The summed E-state index contributed by atoms with van der Waals surface area (Å²) in [6.45, 7) is 2.26. The molecule has 1 amide bonds. The number of hydrogen-bond acceptors (Lipinski definition) is 4. The number of H-pyrrole nitrogens is 1. The van der Waals surface area contributed by atoms with Crippen molar-refractivity contribution < 1.29 is 9.90 Å². The predicted octanol–water partition coefficient (Wildman–Crippen LogP) is 4.31. The molecule has 0 atom stereocenters. The molecule has 3 N–H and O–H groups in total. The lowest BCUT2D eigenvalue weighted by atomic mass is 9.87. The third-order valence-corrected chi connectivity index (χ3v) is 5.85. The van der Waals surface area contributed by atoms with Crippen molar-refractivity contribution in [3.8, 4) is 16.5 Å². The summed E-state index contributed by atoms with van der Waals surface area (Å²) in [5.74, 6) is 1.40. The normalized spacial score (nSPS) is 20.7. The summed E-state index contributed by atoms with van der Waals surface area (Å²) in [6, 6.07) is 7.34. The van der Waals surface area contributed by atoms with Crippen LogP contribution >= 0.6 is 11.3 Å². The lowest BCUT2D eigenvalue weighted by molar-refractivity contribution is 0.0924. The second-order valence-electron chi connectivity index (χ2n) is 6.85. The molecule has 3 aromatic rings. The Bertz CT molecular complexity index is 893. The summed E-state index contributed by atoms with van der Waals surface area (Å²) in [4.78, 5) is 21.5. The van der Waals surface area contributed by atoms with Crippen molar-refractivity contribution in [3.63, 3.8) is 0 Å². The average molecular weight is 355 g/mol. The number of fused-ring (bicyclic) bond motifs is 1. The lowest BCUT2D eigenvalue weighted by Gasteiger charge is -2.26. The number of phenols is 1. The van der Waals surface area contributed by atoms with Crippen LogP contribution in [0.2, 0.25) is 0 Å². The minimum absolute atomic E-state index is 0.105. The van der Waals surface area contributed by atoms with Crippen LogP contribution in [0.15, 0.2) is 29.6 Å². The van der Waals surface area contributed by atoms with Gasteiger partial charge in [-0.05, 0) is 55.2 Å². The molecule has 0 bridgehead atoms. The van der Waals surface area contributed by atoms with E-state index in [0.29, 0.717) is 22.4 Å². The van der Waals surface area contributed by atoms with Gasteiger partial charge >= 0.3 is 0 Å². The third-order valence-electron chi connectivity index (χ3n) is 4.97.